The lowest BCUT2D eigenvalue weighted by atomic mass is 10.2. The van der Waals surface area contributed by atoms with Crippen molar-refractivity contribution in [3.8, 4) is 11.5 Å². The molecule has 4 aromatic rings. The smallest absolute Gasteiger partial charge is 0.229 e. The Kier molecular flexibility index (Phi) is 3.81. The molecule has 0 spiro atoms. The van der Waals surface area contributed by atoms with Gasteiger partial charge in [0.2, 0.25) is 11.9 Å². The van der Waals surface area contributed by atoms with Gasteiger partial charge < -0.3 is 20.9 Å². The first-order valence-electron chi connectivity index (χ1n) is 7.94. The number of nitrogens with one attached hydrogen (secondary N) is 2. The van der Waals surface area contributed by atoms with Crippen molar-refractivity contribution in [2.24, 2.45) is 0 Å². The number of nitrogens with zero attached hydrogens (tertiary/aromatic N) is 6. The van der Waals surface area contributed by atoms with Gasteiger partial charge in [0.25, 0.3) is 0 Å². The summed E-state index contributed by atoms with van der Waals surface area (Å²) in [4.78, 5) is 26.5. The minimum absolute atomic E-state index is 0.192. The highest BCUT2D eigenvalue weighted by Crippen LogP contribution is 2.22. The summed E-state index contributed by atoms with van der Waals surface area (Å²) in [5, 5.41) is 3.20. The first kappa shape index (κ1) is 15.8. The van der Waals surface area contributed by atoms with Crippen LogP contribution in [0.3, 0.4) is 0 Å². The fraction of sp³-hybridized carbons (Fsp3) is 0.118. The molecule has 3 heterocycles. The van der Waals surface area contributed by atoms with Crippen molar-refractivity contribution in [1.82, 2.24) is 29.9 Å². The minimum atomic E-state index is 0.192. The molecule has 0 aliphatic rings. The van der Waals surface area contributed by atoms with Crippen LogP contribution in [0.15, 0.2) is 42.7 Å². The molecule has 0 radical (unpaired) electrons. The monoisotopic (exact) mass is 347 g/mol. The van der Waals surface area contributed by atoms with Gasteiger partial charge in [-0.2, -0.15) is 4.98 Å². The molecule has 130 valence electrons. The first-order valence-corrected chi connectivity index (χ1v) is 7.94. The molecular formula is C17H17N9. The SMILES string of the molecule is CN(C)c1cccc(Nc2ncc3[nH]c(-c4ccnc(N)n4)nc3n2)c1. The van der Waals surface area contributed by atoms with Gasteiger partial charge in [0, 0.05) is 31.7 Å². The molecule has 0 fully saturated rings. The average molecular weight is 347 g/mol. The molecule has 0 atom stereocenters. The Hall–Kier alpha value is -3.75. The van der Waals surface area contributed by atoms with Gasteiger partial charge >= 0.3 is 0 Å². The molecule has 0 saturated carbocycles. The number of aromatic nitrogens is 6. The van der Waals surface area contributed by atoms with E-state index in [0.717, 1.165) is 11.4 Å². The van der Waals surface area contributed by atoms with Crippen LogP contribution < -0.4 is 16.0 Å². The number of H-pyrrole nitrogens is 1. The third-order valence-electron chi connectivity index (χ3n) is 3.77. The van der Waals surface area contributed by atoms with E-state index in [-0.39, 0.29) is 5.95 Å². The average Bonchev–Trinajstić information content (AvgIpc) is 3.05. The molecule has 4 N–H and O–H groups in total. The third-order valence-corrected chi connectivity index (χ3v) is 3.77. The number of imidazole rings is 1. The van der Waals surface area contributed by atoms with E-state index in [1.807, 2.05) is 43.3 Å². The van der Waals surface area contributed by atoms with Gasteiger partial charge in [-0.1, -0.05) is 6.07 Å². The lowest BCUT2D eigenvalue weighted by molar-refractivity contribution is 1.13. The second-order valence-corrected chi connectivity index (χ2v) is 5.89. The van der Waals surface area contributed by atoms with Gasteiger partial charge in [0.1, 0.15) is 11.2 Å². The van der Waals surface area contributed by atoms with E-state index >= 15 is 0 Å². The van der Waals surface area contributed by atoms with Crippen molar-refractivity contribution in [3.05, 3.63) is 42.7 Å². The molecule has 0 unspecified atom stereocenters. The second kappa shape index (κ2) is 6.28. The normalized spacial score (nSPS) is 10.8. The van der Waals surface area contributed by atoms with Crippen LogP contribution in [-0.2, 0) is 0 Å². The molecule has 26 heavy (non-hydrogen) atoms. The maximum Gasteiger partial charge on any atom is 0.229 e. The zero-order valence-corrected chi connectivity index (χ0v) is 14.3. The number of nitrogen functional groups attached to an aromatic ring is 1. The topological polar surface area (TPSA) is 122 Å². The summed E-state index contributed by atoms with van der Waals surface area (Å²) >= 11 is 0. The zero-order chi connectivity index (χ0) is 18.1. The molecule has 9 heteroatoms. The standard InChI is InChI=1S/C17H17N9/c1-26(2)11-5-3-4-10(8-11)21-17-20-9-13-15(25-17)24-14(22-13)12-6-7-19-16(18)23-12/h3-9H,1-2H3,(H2,18,19,23)(H2,20,21,22,24,25). The largest absolute Gasteiger partial charge is 0.378 e. The Bertz CT molecular complexity index is 1070. The fourth-order valence-corrected chi connectivity index (χ4v) is 2.49. The van der Waals surface area contributed by atoms with E-state index < -0.39 is 0 Å². The predicted molar refractivity (Wildman–Crippen MR) is 101 cm³/mol. The molecule has 0 aliphatic heterocycles. The summed E-state index contributed by atoms with van der Waals surface area (Å²) in [5.41, 5.74) is 9.46. The van der Waals surface area contributed by atoms with Crippen molar-refractivity contribution in [1.29, 1.82) is 0 Å². The summed E-state index contributed by atoms with van der Waals surface area (Å²) in [6.07, 6.45) is 3.27. The van der Waals surface area contributed by atoms with Crippen LogP contribution in [0.4, 0.5) is 23.3 Å². The number of fused-ring (bicyclic) bond motifs is 1. The first-order chi connectivity index (χ1) is 12.6. The molecule has 3 aromatic heterocycles. The van der Waals surface area contributed by atoms with E-state index in [0.29, 0.717) is 28.6 Å². The van der Waals surface area contributed by atoms with E-state index in [1.165, 1.54) is 0 Å². The highest BCUT2D eigenvalue weighted by atomic mass is 15.1. The van der Waals surface area contributed by atoms with Crippen molar-refractivity contribution >= 4 is 34.4 Å². The van der Waals surface area contributed by atoms with E-state index in [1.54, 1.807) is 18.5 Å². The molecule has 0 aliphatic carbocycles. The predicted octanol–water partition coefficient (Wildman–Crippen LogP) is 2.20. The van der Waals surface area contributed by atoms with E-state index in [2.05, 4.69) is 35.2 Å². The van der Waals surface area contributed by atoms with Crippen molar-refractivity contribution in [2.45, 2.75) is 0 Å². The van der Waals surface area contributed by atoms with Gasteiger partial charge in [-0.05, 0) is 24.3 Å². The highest BCUT2D eigenvalue weighted by Gasteiger charge is 2.10. The van der Waals surface area contributed by atoms with Crippen molar-refractivity contribution in [3.63, 3.8) is 0 Å². The summed E-state index contributed by atoms with van der Waals surface area (Å²) in [5.74, 6) is 1.22. The van der Waals surface area contributed by atoms with Gasteiger partial charge in [-0.15, -0.1) is 0 Å². The number of benzene rings is 1. The number of anilines is 4. The van der Waals surface area contributed by atoms with Crippen molar-refractivity contribution < 1.29 is 0 Å². The molecule has 0 bridgehead atoms. The summed E-state index contributed by atoms with van der Waals surface area (Å²) in [7, 11) is 3.99. The minimum Gasteiger partial charge on any atom is -0.378 e. The van der Waals surface area contributed by atoms with E-state index in [4.69, 9.17) is 5.73 Å². The number of nitrogens with two attached hydrogens (primary N) is 1. The van der Waals surface area contributed by atoms with Crippen LogP contribution in [0.5, 0.6) is 0 Å². The lowest BCUT2D eigenvalue weighted by Crippen LogP contribution is -2.08. The van der Waals surface area contributed by atoms with Gasteiger partial charge in [-0.25, -0.2) is 19.9 Å². The van der Waals surface area contributed by atoms with Gasteiger partial charge in [0.05, 0.1) is 6.20 Å². The van der Waals surface area contributed by atoms with Crippen LogP contribution in [0.2, 0.25) is 0 Å². The molecule has 0 saturated heterocycles. The maximum absolute atomic E-state index is 5.63. The second-order valence-electron chi connectivity index (χ2n) is 5.89. The third kappa shape index (κ3) is 3.09. The maximum atomic E-state index is 5.63. The Balaban J connectivity index is 1.64. The molecule has 1 aromatic carbocycles. The van der Waals surface area contributed by atoms with Gasteiger partial charge in [-0.3, -0.25) is 0 Å². The number of aromatic amines is 1. The summed E-state index contributed by atoms with van der Waals surface area (Å²) < 4.78 is 0. The Morgan fingerprint density at radius 2 is 1.96 bits per heavy atom. The summed E-state index contributed by atoms with van der Waals surface area (Å²) in [6, 6.07) is 9.71. The molecule has 4 rings (SSSR count). The Morgan fingerprint density at radius 3 is 2.77 bits per heavy atom. The number of rotatable bonds is 4. The summed E-state index contributed by atoms with van der Waals surface area (Å²) in [6.45, 7) is 0. The van der Waals surface area contributed by atoms with Crippen LogP contribution >= 0.6 is 0 Å². The van der Waals surface area contributed by atoms with Crippen LogP contribution in [0.25, 0.3) is 22.7 Å². The molecule has 0 amide bonds. The highest BCUT2D eigenvalue weighted by molar-refractivity contribution is 5.76. The molecular weight excluding hydrogens is 330 g/mol. The van der Waals surface area contributed by atoms with Crippen LogP contribution in [0, 0.1) is 0 Å². The zero-order valence-electron chi connectivity index (χ0n) is 14.3. The van der Waals surface area contributed by atoms with Crippen LogP contribution in [-0.4, -0.2) is 44.0 Å². The van der Waals surface area contributed by atoms with Crippen molar-refractivity contribution in [2.75, 3.05) is 30.0 Å². The Labute approximate surface area is 149 Å². The Morgan fingerprint density at radius 1 is 1.08 bits per heavy atom. The molecule has 9 nitrogen and oxygen atoms in total. The number of hydrogen-bond donors (Lipinski definition) is 3. The van der Waals surface area contributed by atoms with Gasteiger partial charge in [0.15, 0.2) is 11.5 Å². The van der Waals surface area contributed by atoms with Crippen LogP contribution in [0.1, 0.15) is 0 Å². The number of hydrogen-bond acceptors (Lipinski definition) is 8. The fourth-order valence-electron chi connectivity index (χ4n) is 2.49. The van der Waals surface area contributed by atoms with E-state index in [9.17, 15) is 0 Å². The lowest BCUT2D eigenvalue weighted by Gasteiger charge is -2.13. The quantitative estimate of drug-likeness (QED) is 0.513.